The normalized spacial score (nSPS) is 25.0. The lowest BCUT2D eigenvalue weighted by atomic mass is 9.95. The van der Waals surface area contributed by atoms with Crippen molar-refractivity contribution in [3.63, 3.8) is 0 Å². The summed E-state index contributed by atoms with van der Waals surface area (Å²) in [7, 11) is -1.42. The molecule has 0 bridgehead atoms. The lowest BCUT2D eigenvalue weighted by Gasteiger charge is -2.28. The lowest BCUT2D eigenvalue weighted by molar-refractivity contribution is 0.391. The zero-order valence-electron chi connectivity index (χ0n) is 10.4. The summed E-state index contributed by atoms with van der Waals surface area (Å²) in [6.45, 7) is 0. The summed E-state index contributed by atoms with van der Waals surface area (Å²) in [5, 5.41) is 3.18. The van der Waals surface area contributed by atoms with Gasteiger partial charge in [0.25, 0.3) is 0 Å². The quantitative estimate of drug-likeness (QED) is 0.930. The van der Waals surface area contributed by atoms with Crippen LogP contribution in [-0.4, -0.2) is 26.8 Å². The van der Waals surface area contributed by atoms with Gasteiger partial charge in [-0.05, 0) is 38.4 Å². The van der Waals surface area contributed by atoms with Gasteiger partial charge >= 0.3 is 0 Å². The van der Waals surface area contributed by atoms with Crippen LogP contribution in [0.5, 0.6) is 0 Å². The van der Waals surface area contributed by atoms with Gasteiger partial charge in [0, 0.05) is 6.04 Å². The van der Waals surface area contributed by atoms with E-state index in [0.717, 1.165) is 19.3 Å². The third-order valence-corrected chi connectivity index (χ3v) is 6.33. The van der Waals surface area contributed by atoms with Crippen LogP contribution in [-0.2, 0) is 9.84 Å². The predicted molar refractivity (Wildman–Crippen MR) is 73.7 cm³/mol. The first-order valence-corrected chi connectivity index (χ1v) is 8.14. The highest BCUT2D eigenvalue weighted by molar-refractivity contribution is 7.92. The molecule has 0 aliphatic heterocycles. The Morgan fingerprint density at radius 1 is 1.28 bits per heavy atom. The molecule has 18 heavy (non-hydrogen) atoms. The van der Waals surface area contributed by atoms with Crippen molar-refractivity contribution < 1.29 is 8.42 Å². The van der Waals surface area contributed by atoms with Crippen LogP contribution in [0.25, 0.3) is 0 Å². The highest BCUT2D eigenvalue weighted by Gasteiger charge is 2.33. The molecule has 100 valence electrons. The largest absolute Gasteiger partial charge is 0.317 e. The van der Waals surface area contributed by atoms with Crippen LogP contribution >= 0.6 is 11.6 Å². The molecule has 1 aliphatic carbocycles. The number of nitrogens with one attached hydrogen (secondary N) is 1. The molecule has 0 saturated heterocycles. The Kier molecular flexibility index (Phi) is 4.30. The molecular weight excluding hydrogens is 270 g/mol. The van der Waals surface area contributed by atoms with Crippen LogP contribution in [0, 0.1) is 0 Å². The van der Waals surface area contributed by atoms with Crippen molar-refractivity contribution in [2.75, 3.05) is 7.05 Å². The molecule has 2 atom stereocenters. The Hall–Kier alpha value is -0.580. The first-order chi connectivity index (χ1) is 8.55. The number of rotatable bonds is 3. The molecule has 0 amide bonds. The minimum atomic E-state index is -3.31. The van der Waals surface area contributed by atoms with Crippen LogP contribution in [0.2, 0.25) is 5.02 Å². The molecule has 1 N–H and O–H groups in total. The third kappa shape index (κ3) is 2.71. The number of sulfone groups is 1. The SMILES string of the molecule is CNC1CCCC(S(=O)(=O)c2ccccc2Cl)C1. The van der Waals surface area contributed by atoms with Crippen LogP contribution in [0.3, 0.4) is 0 Å². The predicted octanol–water partition coefficient (Wildman–Crippen LogP) is 2.64. The van der Waals surface area contributed by atoms with Gasteiger partial charge in [-0.3, -0.25) is 0 Å². The summed E-state index contributed by atoms with van der Waals surface area (Å²) in [6.07, 6.45) is 3.39. The van der Waals surface area contributed by atoms with E-state index in [1.54, 1.807) is 24.3 Å². The average molecular weight is 288 g/mol. The molecule has 1 aromatic rings. The monoisotopic (exact) mass is 287 g/mol. The fourth-order valence-electron chi connectivity index (χ4n) is 2.54. The highest BCUT2D eigenvalue weighted by Crippen LogP contribution is 2.31. The van der Waals surface area contributed by atoms with E-state index in [9.17, 15) is 8.42 Å². The average Bonchev–Trinajstić information content (AvgIpc) is 2.39. The molecular formula is C13H18ClNO2S. The second-order valence-electron chi connectivity index (χ2n) is 4.75. The van der Waals surface area contributed by atoms with Gasteiger partial charge in [-0.15, -0.1) is 0 Å². The smallest absolute Gasteiger partial charge is 0.182 e. The molecule has 5 heteroatoms. The molecule has 1 fully saturated rings. The van der Waals surface area contributed by atoms with E-state index in [2.05, 4.69) is 5.32 Å². The van der Waals surface area contributed by atoms with Crippen molar-refractivity contribution in [2.24, 2.45) is 0 Å². The molecule has 2 unspecified atom stereocenters. The summed E-state index contributed by atoms with van der Waals surface area (Å²) in [5.74, 6) is 0. The van der Waals surface area contributed by atoms with E-state index in [-0.39, 0.29) is 10.1 Å². The van der Waals surface area contributed by atoms with Gasteiger partial charge in [0.05, 0.1) is 15.2 Å². The first kappa shape index (κ1) is 13.8. The number of halogens is 1. The van der Waals surface area contributed by atoms with Gasteiger partial charge < -0.3 is 5.32 Å². The van der Waals surface area contributed by atoms with E-state index >= 15 is 0 Å². The third-order valence-electron chi connectivity index (χ3n) is 3.62. The van der Waals surface area contributed by atoms with Crippen molar-refractivity contribution >= 4 is 21.4 Å². The Labute approximate surface area is 113 Å². The molecule has 1 saturated carbocycles. The topological polar surface area (TPSA) is 46.2 Å². The van der Waals surface area contributed by atoms with Gasteiger partial charge in [0.2, 0.25) is 0 Å². The zero-order valence-corrected chi connectivity index (χ0v) is 12.0. The van der Waals surface area contributed by atoms with Crippen LogP contribution in [0.15, 0.2) is 29.2 Å². The Morgan fingerprint density at radius 3 is 2.67 bits per heavy atom. The van der Waals surface area contributed by atoms with Crippen molar-refractivity contribution in [2.45, 2.75) is 41.9 Å². The van der Waals surface area contributed by atoms with Crippen LogP contribution in [0.1, 0.15) is 25.7 Å². The Morgan fingerprint density at radius 2 is 2.00 bits per heavy atom. The summed E-state index contributed by atoms with van der Waals surface area (Å²) < 4.78 is 25.1. The lowest BCUT2D eigenvalue weighted by Crippen LogP contribution is -2.37. The maximum Gasteiger partial charge on any atom is 0.182 e. The minimum absolute atomic E-state index is 0.272. The molecule has 0 aromatic heterocycles. The van der Waals surface area contributed by atoms with Crippen molar-refractivity contribution in [3.05, 3.63) is 29.3 Å². The minimum Gasteiger partial charge on any atom is -0.317 e. The van der Waals surface area contributed by atoms with E-state index in [0.29, 0.717) is 17.5 Å². The molecule has 0 heterocycles. The fraction of sp³-hybridized carbons (Fsp3) is 0.538. The summed E-state index contributed by atoms with van der Waals surface area (Å²) in [5.41, 5.74) is 0. The molecule has 1 aromatic carbocycles. The molecule has 0 spiro atoms. The van der Waals surface area contributed by atoms with E-state index in [4.69, 9.17) is 11.6 Å². The molecule has 2 rings (SSSR count). The van der Waals surface area contributed by atoms with Gasteiger partial charge in [0.15, 0.2) is 9.84 Å². The molecule has 1 aliphatic rings. The van der Waals surface area contributed by atoms with Crippen molar-refractivity contribution in [1.29, 1.82) is 0 Å². The number of benzene rings is 1. The summed E-state index contributed by atoms with van der Waals surface area (Å²) in [6, 6.07) is 6.99. The number of hydrogen-bond acceptors (Lipinski definition) is 3. The molecule has 3 nitrogen and oxygen atoms in total. The maximum atomic E-state index is 12.6. The second-order valence-corrected chi connectivity index (χ2v) is 7.35. The van der Waals surface area contributed by atoms with E-state index in [1.807, 2.05) is 7.05 Å². The van der Waals surface area contributed by atoms with E-state index < -0.39 is 9.84 Å². The Balaban J connectivity index is 2.29. The molecule has 0 radical (unpaired) electrons. The standard InChI is InChI=1S/C13H18ClNO2S/c1-15-10-5-4-6-11(9-10)18(16,17)13-8-3-2-7-12(13)14/h2-3,7-8,10-11,15H,4-6,9H2,1H3. The van der Waals surface area contributed by atoms with Gasteiger partial charge in [-0.25, -0.2) is 8.42 Å². The van der Waals surface area contributed by atoms with Crippen molar-refractivity contribution in [1.82, 2.24) is 5.32 Å². The number of hydrogen-bond donors (Lipinski definition) is 1. The van der Waals surface area contributed by atoms with Crippen molar-refractivity contribution in [3.8, 4) is 0 Å². The van der Waals surface area contributed by atoms with Gasteiger partial charge in [0.1, 0.15) is 0 Å². The van der Waals surface area contributed by atoms with Crippen LogP contribution < -0.4 is 5.32 Å². The van der Waals surface area contributed by atoms with E-state index in [1.165, 1.54) is 0 Å². The zero-order chi connectivity index (χ0) is 13.2. The summed E-state index contributed by atoms with van der Waals surface area (Å²) in [4.78, 5) is 0.272. The fourth-order valence-corrected chi connectivity index (χ4v) is 4.93. The van der Waals surface area contributed by atoms with Gasteiger partial charge in [-0.1, -0.05) is 30.2 Å². The highest BCUT2D eigenvalue weighted by atomic mass is 35.5. The maximum absolute atomic E-state index is 12.6. The summed E-state index contributed by atoms with van der Waals surface area (Å²) >= 11 is 6.00. The Bertz CT molecular complexity index is 515. The van der Waals surface area contributed by atoms with Gasteiger partial charge in [-0.2, -0.15) is 0 Å². The first-order valence-electron chi connectivity index (χ1n) is 6.21. The van der Waals surface area contributed by atoms with Crippen LogP contribution in [0.4, 0.5) is 0 Å². The second kappa shape index (κ2) is 5.59.